The standard InChI is InChI=1S/C17H23N3OS/c1-14-18-16(13-22-14)11-19-7-9-20(10-8-19)12-17(21)15-5-3-2-4-6-15/h2-6,13,17,21H,7-12H2,1H3. The number of hydrogen-bond acceptors (Lipinski definition) is 5. The van der Waals surface area contributed by atoms with Gasteiger partial charge in [-0.1, -0.05) is 30.3 Å². The average Bonchev–Trinajstić information content (AvgIpc) is 2.95. The van der Waals surface area contributed by atoms with Crippen molar-refractivity contribution in [3.8, 4) is 0 Å². The molecule has 1 fully saturated rings. The number of aliphatic hydroxyl groups is 1. The highest BCUT2D eigenvalue weighted by molar-refractivity contribution is 7.09. The summed E-state index contributed by atoms with van der Waals surface area (Å²) in [5, 5.41) is 13.6. The van der Waals surface area contributed by atoms with Crippen molar-refractivity contribution in [3.63, 3.8) is 0 Å². The molecular formula is C17H23N3OS. The minimum atomic E-state index is -0.394. The highest BCUT2D eigenvalue weighted by Gasteiger charge is 2.20. The van der Waals surface area contributed by atoms with E-state index in [0.717, 1.165) is 43.3 Å². The van der Waals surface area contributed by atoms with Gasteiger partial charge in [0.25, 0.3) is 0 Å². The maximum absolute atomic E-state index is 10.3. The quantitative estimate of drug-likeness (QED) is 0.918. The van der Waals surface area contributed by atoms with E-state index >= 15 is 0 Å². The molecule has 22 heavy (non-hydrogen) atoms. The Labute approximate surface area is 136 Å². The molecule has 1 atom stereocenters. The number of nitrogens with zero attached hydrogens (tertiary/aromatic N) is 3. The minimum absolute atomic E-state index is 0.394. The van der Waals surface area contributed by atoms with Crippen LogP contribution in [0, 0.1) is 6.92 Å². The maximum Gasteiger partial charge on any atom is 0.0916 e. The number of aryl methyl sites for hydroxylation is 1. The van der Waals surface area contributed by atoms with Crippen molar-refractivity contribution in [2.75, 3.05) is 32.7 Å². The average molecular weight is 317 g/mol. The van der Waals surface area contributed by atoms with E-state index < -0.39 is 6.10 Å². The monoisotopic (exact) mass is 317 g/mol. The van der Waals surface area contributed by atoms with E-state index in [1.54, 1.807) is 11.3 Å². The van der Waals surface area contributed by atoms with Gasteiger partial charge in [-0.05, 0) is 12.5 Å². The van der Waals surface area contributed by atoms with Crippen LogP contribution in [0.3, 0.4) is 0 Å². The summed E-state index contributed by atoms with van der Waals surface area (Å²) in [6.07, 6.45) is -0.394. The highest BCUT2D eigenvalue weighted by Crippen LogP contribution is 2.16. The largest absolute Gasteiger partial charge is 0.387 e. The van der Waals surface area contributed by atoms with Crippen molar-refractivity contribution in [2.45, 2.75) is 19.6 Å². The summed E-state index contributed by atoms with van der Waals surface area (Å²) in [5.74, 6) is 0. The third kappa shape index (κ3) is 4.14. The van der Waals surface area contributed by atoms with Crippen molar-refractivity contribution in [1.82, 2.24) is 14.8 Å². The van der Waals surface area contributed by atoms with E-state index in [-0.39, 0.29) is 0 Å². The molecule has 0 radical (unpaired) electrons. The van der Waals surface area contributed by atoms with Gasteiger partial charge in [-0.25, -0.2) is 4.98 Å². The Hall–Kier alpha value is -1.27. The fourth-order valence-electron chi connectivity index (χ4n) is 2.87. The fourth-order valence-corrected chi connectivity index (χ4v) is 3.47. The molecule has 1 N–H and O–H groups in total. The first-order chi connectivity index (χ1) is 10.7. The molecule has 118 valence electrons. The topological polar surface area (TPSA) is 39.6 Å². The van der Waals surface area contributed by atoms with Crippen LogP contribution in [-0.4, -0.2) is 52.6 Å². The maximum atomic E-state index is 10.3. The van der Waals surface area contributed by atoms with Crippen molar-refractivity contribution in [1.29, 1.82) is 0 Å². The molecule has 1 aromatic heterocycles. The molecule has 1 aromatic carbocycles. The van der Waals surface area contributed by atoms with E-state index in [4.69, 9.17) is 0 Å². The van der Waals surface area contributed by atoms with Crippen molar-refractivity contribution in [2.24, 2.45) is 0 Å². The van der Waals surface area contributed by atoms with Crippen LogP contribution in [0.5, 0.6) is 0 Å². The second kappa shape index (κ2) is 7.33. The summed E-state index contributed by atoms with van der Waals surface area (Å²) >= 11 is 1.72. The predicted molar refractivity (Wildman–Crippen MR) is 90.0 cm³/mol. The van der Waals surface area contributed by atoms with Gasteiger partial charge in [0.2, 0.25) is 0 Å². The normalized spacial score (nSPS) is 18.5. The number of benzene rings is 1. The zero-order valence-corrected chi connectivity index (χ0v) is 13.8. The number of piperazine rings is 1. The first-order valence-electron chi connectivity index (χ1n) is 7.79. The molecule has 2 aromatic rings. The molecule has 4 nitrogen and oxygen atoms in total. The summed E-state index contributed by atoms with van der Waals surface area (Å²) in [6.45, 7) is 7.81. The van der Waals surface area contributed by atoms with Crippen LogP contribution < -0.4 is 0 Å². The predicted octanol–water partition coefficient (Wildman–Crippen LogP) is 2.30. The Morgan fingerprint density at radius 2 is 1.82 bits per heavy atom. The number of rotatable bonds is 5. The van der Waals surface area contributed by atoms with Gasteiger partial charge in [0.1, 0.15) is 0 Å². The number of β-amino-alcohol motifs (C(OH)–C–C–N with tert-alkyl or cyclic N) is 1. The molecule has 1 aliphatic heterocycles. The van der Waals surface area contributed by atoms with Crippen molar-refractivity contribution in [3.05, 3.63) is 52.0 Å². The molecule has 1 unspecified atom stereocenters. The van der Waals surface area contributed by atoms with Gasteiger partial charge in [0, 0.05) is 44.6 Å². The lowest BCUT2D eigenvalue weighted by molar-refractivity contribution is 0.0697. The number of aliphatic hydroxyl groups excluding tert-OH is 1. The van der Waals surface area contributed by atoms with Gasteiger partial charge >= 0.3 is 0 Å². The first-order valence-corrected chi connectivity index (χ1v) is 8.67. The van der Waals surface area contributed by atoms with Crippen LogP contribution in [0.1, 0.15) is 22.4 Å². The molecule has 1 saturated heterocycles. The van der Waals surface area contributed by atoms with Crippen molar-refractivity contribution < 1.29 is 5.11 Å². The third-order valence-electron chi connectivity index (χ3n) is 4.13. The lowest BCUT2D eigenvalue weighted by Gasteiger charge is -2.35. The van der Waals surface area contributed by atoms with E-state index in [1.165, 1.54) is 5.69 Å². The number of thiazole rings is 1. The summed E-state index contributed by atoms with van der Waals surface area (Å²) in [7, 11) is 0. The van der Waals surface area contributed by atoms with Gasteiger partial charge in [-0.15, -0.1) is 11.3 Å². The smallest absolute Gasteiger partial charge is 0.0916 e. The lowest BCUT2D eigenvalue weighted by atomic mass is 10.1. The van der Waals surface area contributed by atoms with E-state index in [1.807, 2.05) is 30.3 Å². The molecule has 0 aliphatic carbocycles. The van der Waals surface area contributed by atoms with Gasteiger partial charge in [-0.3, -0.25) is 9.80 Å². The summed E-state index contributed by atoms with van der Waals surface area (Å²) in [5.41, 5.74) is 2.18. The molecular weight excluding hydrogens is 294 g/mol. The Morgan fingerprint density at radius 3 is 2.45 bits per heavy atom. The molecule has 2 heterocycles. The fraction of sp³-hybridized carbons (Fsp3) is 0.471. The summed E-state index contributed by atoms with van der Waals surface area (Å²) in [6, 6.07) is 9.92. The molecule has 0 bridgehead atoms. The molecule has 1 aliphatic rings. The molecule has 5 heteroatoms. The molecule has 0 spiro atoms. The van der Waals surface area contributed by atoms with E-state index in [9.17, 15) is 5.11 Å². The van der Waals surface area contributed by atoms with Gasteiger partial charge in [0.05, 0.1) is 16.8 Å². The zero-order valence-electron chi connectivity index (χ0n) is 13.0. The van der Waals surface area contributed by atoms with Crippen LogP contribution in [0.25, 0.3) is 0 Å². The Kier molecular flexibility index (Phi) is 5.20. The highest BCUT2D eigenvalue weighted by atomic mass is 32.1. The minimum Gasteiger partial charge on any atom is -0.387 e. The SMILES string of the molecule is Cc1nc(CN2CCN(CC(O)c3ccccc3)CC2)cs1. The lowest BCUT2D eigenvalue weighted by Crippen LogP contribution is -2.47. The first kappa shape index (κ1) is 15.6. The van der Waals surface area contributed by atoms with Crippen LogP contribution in [0.15, 0.2) is 35.7 Å². The third-order valence-corrected chi connectivity index (χ3v) is 4.95. The Morgan fingerprint density at radius 1 is 1.14 bits per heavy atom. The van der Waals surface area contributed by atoms with E-state index in [2.05, 4.69) is 27.1 Å². The van der Waals surface area contributed by atoms with Crippen LogP contribution in [0.2, 0.25) is 0 Å². The Bertz CT molecular complexity index is 579. The van der Waals surface area contributed by atoms with Crippen LogP contribution in [-0.2, 0) is 6.54 Å². The van der Waals surface area contributed by atoms with Gasteiger partial charge in [-0.2, -0.15) is 0 Å². The molecule has 3 rings (SSSR count). The zero-order chi connectivity index (χ0) is 15.4. The Balaban J connectivity index is 1.45. The number of aromatic nitrogens is 1. The van der Waals surface area contributed by atoms with Crippen molar-refractivity contribution >= 4 is 11.3 Å². The summed E-state index contributed by atoms with van der Waals surface area (Å²) in [4.78, 5) is 9.33. The second-order valence-corrected chi connectivity index (χ2v) is 6.92. The molecule has 0 amide bonds. The van der Waals surface area contributed by atoms with Crippen LogP contribution in [0.4, 0.5) is 0 Å². The van der Waals surface area contributed by atoms with Gasteiger partial charge in [0.15, 0.2) is 0 Å². The molecule has 0 saturated carbocycles. The number of hydrogen-bond donors (Lipinski definition) is 1. The van der Waals surface area contributed by atoms with E-state index in [0.29, 0.717) is 6.54 Å². The second-order valence-electron chi connectivity index (χ2n) is 5.86. The summed E-state index contributed by atoms with van der Waals surface area (Å²) < 4.78 is 0. The van der Waals surface area contributed by atoms with Crippen LogP contribution >= 0.6 is 11.3 Å². The van der Waals surface area contributed by atoms with Gasteiger partial charge < -0.3 is 5.11 Å².